The summed E-state index contributed by atoms with van der Waals surface area (Å²) in [6.07, 6.45) is 7.20. The van der Waals surface area contributed by atoms with Crippen LogP contribution in [0.3, 0.4) is 0 Å². The van der Waals surface area contributed by atoms with Crippen LogP contribution in [0.15, 0.2) is 12.2 Å². The standard InChI is InChI=1S/C19H32O5/c1-4-6-8-9-10-11-12-15-16(14(3)18(21)24-15)17(20)19(22)23-13-7-5-2/h15-17,20H,3-13H2,1-2H3/t15-,16+,17+/m1/s1. The van der Waals surface area contributed by atoms with Gasteiger partial charge in [-0.05, 0) is 19.3 Å². The summed E-state index contributed by atoms with van der Waals surface area (Å²) in [7, 11) is 0. The van der Waals surface area contributed by atoms with Crippen LogP contribution in [-0.4, -0.2) is 35.9 Å². The summed E-state index contributed by atoms with van der Waals surface area (Å²) in [4.78, 5) is 23.7. The molecule has 0 aromatic heterocycles. The normalized spacial score (nSPS) is 21.6. The van der Waals surface area contributed by atoms with Crippen LogP contribution in [0, 0.1) is 5.92 Å². The Hall–Kier alpha value is -1.36. The number of esters is 2. The van der Waals surface area contributed by atoms with Crippen LogP contribution in [0.25, 0.3) is 0 Å². The average Bonchev–Trinajstić information content (AvgIpc) is 2.84. The molecule has 0 aliphatic carbocycles. The summed E-state index contributed by atoms with van der Waals surface area (Å²) in [6.45, 7) is 8.14. The van der Waals surface area contributed by atoms with Crippen molar-refractivity contribution in [3.05, 3.63) is 12.2 Å². The number of carbonyl (C=O) groups excluding carboxylic acids is 2. The minimum Gasteiger partial charge on any atom is -0.464 e. The summed E-state index contributed by atoms with van der Waals surface area (Å²) in [6, 6.07) is 0. The van der Waals surface area contributed by atoms with E-state index in [1.54, 1.807) is 0 Å². The number of hydrogen-bond acceptors (Lipinski definition) is 5. The quantitative estimate of drug-likeness (QED) is 0.334. The molecule has 3 atom stereocenters. The first-order valence-electron chi connectivity index (χ1n) is 9.27. The van der Waals surface area contributed by atoms with Gasteiger partial charge >= 0.3 is 11.9 Å². The highest BCUT2D eigenvalue weighted by molar-refractivity contribution is 5.92. The maximum absolute atomic E-state index is 12.0. The third-order valence-corrected chi connectivity index (χ3v) is 4.49. The van der Waals surface area contributed by atoms with E-state index in [1.807, 2.05) is 6.92 Å². The molecule has 0 spiro atoms. The molecular formula is C19H32O5. The minimum atomic E-state index is -1.38. The van der Waals surface area contributed by atoms with Crippen molar-refractivity contribution in [2.45, 2.75) is 83.8 Å². The highest BCUT2D eigenvalue weighted by Crippen LogP contribution is 2.33. The predicted octanol–water partition coefficient (Wildman–Crippen LogP) is 3.54. The minimum absolute atomic E-state index is 0.172. The van der Waals surface area contributed by atoms with Gasteiger partial charge in [0, 0.05) is 5.57 Å². The number of hydrogen-bond donors (Lipinski definition) is 1. The summed E-state index contributed by atoms with van der Waals surface area (Å²) in [5.41, 5.74) is 0.172. The molecule has 0 radical (unpaired) electrons. The molecule has 138 valence electrons. The van der Waals surface area contributed by atoms with Crippen LogP contribution in [0.4, 0.5) is 0 Å². The van der Waals surface area contributed by atoms with E-state index in [0.29, 0.717) is 6.42 Å². The molecule has 0 bridgehead atoms. The van der Waals surface area contributed by atoms with Crippen molar-refractivity contribution in [2.24, 2.45) is 5.92 Å². The van der Waals surface area contributed by atoms with Gasteiger partial charge in [0.1, 0.15) is 6.10 Å². The van der Waals surface area contributed by atoms with Gasteiger partial charge < -0.3 is 14.6 Å². The van der Waals surface area contributed by atoms with Gasteiger partial charge in [0.25, 0.3) is 0 Å². The van der Waals surface area contributed by atoms with Gasteiger partial charge in [-0.25, -0.2) is 9.59 Å². The van der Waals surface area contributed by atoms with Gasteiger partial charge in [-0.1, -0.05) is 59.0 Å². The average molecular weight is 340 g/mol. The monoisotopic (exact) mass is 340 g/mol. The van der Waals surface area contributed by atoms with Gasteiger partial charge in [0.2, 0.25) is 0 Å². The number of aliphatic hydroxyl groups excluding tert-OH is 1. The van der Waals surface area contributed by atoms with E-state index >= 15 is 0 Å². The largest absolute Gasteiger partial charge is 0.464 e. The molecule has 1 N–H and O–H groups in total. The van der Waals surface area contributed by atoms with Crippen molar-refractivity contribution in [2.75, 3.05) is 6.61 Å². The van der Waals surface area contributed by atoms with Crippen LogP contribution in [-0.2, 0) is 19.1 Å². The maximum atomic E-state index is 12.0. The van der Waals surface area contributed by atoms with E-state index in [0.717, 1.165) is 32.1 Å². The molecule has 0 unspecified atom stereocenters. The summed E-state index contributed by atoms with van der Waals surface area (Å²) in [5, 5.41) is 10.3. The van der Waals surface area contributed by atoms with Gasteiger partial charge in [-0.2, -0.15) is 0 Å². The molecule has 1 aliphatic rings. The molecule has 1 aliphatic heterocycles. The zero-order valence-electron chi connectivity index (χ0n) is 15.1. The Kier molecular flexibility index (Phi) is 9.69. The van der Waals surface area contributed by atoms with Crippen molar-refractivity contribution in [1.29, 1.82) is 0 Å². The first-order valence-corrected chi connectivity index (χ1v) is 9.27. The number of cyclic esters (lactones) is 1. The lowest BCUT2D eigenvalue weighted by Gasteiger charge is -2.21. The molecule has 1 rings (SSSR count). The fourth-order valence-corrected chi connectivity index (χ4v) is 2.95. The van der Waals surface area contributed by atoms with Crippen molar-refractivity contribution in [3.63, 3.8) is 0 Å². The predicted molar refractivity (Wildman–Crippen MR) is 92.4 cm³/mol. The SMILES string of the molecule is C=C1C(=O)O[C@H](CCCCCCCC)[C@H]1[C@H](O)C(=O)OCCCC. The third-order valence-electron chi connectivity index (χ3n) is 4.49. The molecule has 5 nitrogen and oxygen atoms in total. The molecule has 5 heteroatoms. The van der Waals surface area contributed by atoms with E-state index in [4.69, 9.17) is 9.47 Å². The first-order chi connectivity index (χ1) is 11.5. The number of rotatable bonds is 12. The highest BCUT2D eigenvalue weighted by atomic mass is 16.6. The van der Waals surface area contributed by atoms with Gasteiger partial charge in [-0.15, -0.1) is 0 Å². The van der Waals surface area contributed by atoms with Gasteiger partial charge in [0.15, 0.2) is 6.10 Å². The van der Waals surface area contributed by atoms with Crippen molar-refractivity contribution < 1.29 is 24.2 Å². The van der Waals surface area contributed by atoms with E-state index < -0.39 is 30.1 Å². The molecule has 1 saturated heterocycles. The van der Waals surface area contributed by atoms with Gasteiger partial charge in [-0.3, -0.25) is 0 Å². The Bertz CT molecular complexity index is 418. The maximum Gasteiger partial charge on any atom is 0.335 e. The molecule has 1 heterocycles. The number of carbonyl (C=O) groups is 2. The van der Waals surface area contributed by atoms with Crippen molar-refractivity contribution in [1.82, 2.24) is 0 Å². The fourth-order valence-electron chi connectivity index (χ4n) is 2.95. The molecule has 0 saturated carbocycles. The van der Waals surface area contributed by atoms with E-state index in [-0.39, 0.29) is 12.2 Å². The van der Waals surface area contributed by atoms with E-state index in [9.17, 15) is 14.7 Å². The Morgan fingerprint density at radius 3 is 2.46 bits per heavy atom. The van der Waals surface area contributed by atoms with Gasteiger partial charge in [0.05, 0.1) is 12.5 Å². The molecule has 0 aromatic carbocycles. The van der Waals surface area contributed by atoms with Crippen LogP contribution < -0.4 is 0 Å². The Balaban J connectivity index is 2.49. The molecule has 0 amide bonds. The van der Waals surface area contributed by atoms with Crippen LogP contribution in [0.1, 0.15) is 71.6 Å². The summed E-state index contributed by atoms with van der Waals surface area (Å²) in [5.74, 6) is -1.90. The van der Waals surface area contributed by atoms with Crippen LogP contribution in [0.2, 0.25) is 0 Å². The lowest BCUT2D eigenvalue weighted by molar-refractivity contribution is -0.158. The summed E-state index contributed by atoms with van der Waals surface area (Å²) >= 11 is 0. The second kappa shape index (κ2) is 11.2. The van der Waals surface area contributed by atoms with Crippen LogP contribution >= 0.6 is 0 Å². The number of unbranched alkanes of at least 4 members (excludes halogenated alkanes) is 6. The third kappa shape index (κ3) is 6.27. The molecular weight excluding hydrogens is 308 g/mol. The smallest absolute Gasteiger partial charge is 0.335 e. The second-order valence-electron chi connectivity index (χ2n) is 6.52. The molecule has 1 fully saturated rings. The number of ether oxygens (including phenoxy) is 2. The molecule has 0 aromatic rings. The van der Waals surface area contributed by atoms with E-state index in [2.05, 4.69) is 13.5 Å². The van der Waals surface area contributed by atoms with Crippen molar-refractivity contribution in [3.8, 4) is 0 Å². The second-order valence-corrected chi connectivity index (χ2v) is 6.52. The van der Waals surface area contributed by atoms with Crippen molar-refractivity contribution >= 4 is 11.9 Å². The molecule has 24 heavy (non-hydrogen) atoms. The first kappa shape index (κ1) is 20.7. The zero-order chi connectivity index (χ0) is 17.9. The van der Waals surface area contributed by atoms with Crippen LogP contribution in [0.5, 0.6) is 0 Å². The lowest BCUT2D eigenvalue weighted by atomic mass is 9.88. The Morgan fingerprint density at radius 1 is 1.17 bits per heavy atom. The summed E-state index contributed by atoms with van der Waals surface area (Å²) < 4.78 is 10.4. The highest BCUT2D eigenvalue weighted by Gasteiger charge is 2.45. The Labute approximate surface area is 145 Å². The topological polar surface area (TPSA) is 72.8 Å². The van der Waals surface area contributed by atoms with E-state index in [1.165, 1.54) is 19.3 Å². The zero-order valence-corrected chi connectivity index (χ0v) is 15.1. The Morgan fingerprint density at radius 2 is 1.79 bits per heavy atom. The lowest BCUT2D eigenvalue weighted by Crippen LogP contribution is -2.37. The fraction of sp³-hybridized carbons (Fsp3) is 0.789. The number of aliphatic hydroxyl groups is 1.